The van der Waals surface area contributed by atoms with Crippen LogP contribution in [0.5, 0.6) is 5.75 Å². The number of carbonyl (C=O) groups is 1. The van der Waals surface area contributed by atoms with Crippen molar-refractivity contribution < 1.29 is 19.7 Å². The summed E-state index contributed by atoms with van der Waals surface area (Å²) in [6.07, 6.45) is 0.375. The van der Waals surface area contributed by atoms with E-state index < -0.39 is 5.97 Å². The highest BCUT2D eigenvalue weighted by molar-refractivity contribution is 5.92. The first-order valence-electron chi connectivity index (χ1n) is 4.70. The van der Waals surface area contributed by atoms with Crippen LogP contribution in [0, 0.1) is 11.8 Å². The number of ether oxygens (including phenoxy) is 1. The average molecular weight is 220 g/mol. The Morgan fingerprint density at radius 1 is 1.50 bits per heavy atom. The molecule has 0 radical (unpaired) electrons. The maximum atomic E-state index is 11.2. The first-order chi connectivity index (χ1) is 7.69. The summed E-state index contributed by atoms with van der Waals surface area (Å²) in [6, 6.07) is 4.44. The van der Waals surface area contributed by atoms with Gasteiger partial charge in [-0.2, -0.15) is 0 Å². The third-order valence-corrected chi connectivity index (χ3v) is 1.87. The van der Waals surface area contributed by atoms with Gasteiger partial charge in [0.2, 0.25) is 0 Å². The van der Waals surface area contributed by atoms with E-state index in [1.165, 1.54) is 19.2 Å². The summed E-state index contributed by atoms with van der Waals surface area (Å²) in [7, 11) is 1.25. The SMILES string of the molecule is COC(=O)c1ccc(C#CCCO)cc1O. The second-order valence-corrected chi connectivity index (χ2v) is 3.00. The molecular formula is C12H12O4. The number of phenols is 1. The predicted molar refractivity (Wildman–Crippen MR) is 58.0 cm³/mol. The summed E-state index contributed by atoms with van der Waals surface area (Å²) in [5.74, 6) is 4.71. The molecule has 4 heteroatoms. The lowest BCUT2D eigenvalue weighted by molar-refractivity contribution is 0.0597. The predicted octanol–water partition coefficient (Wildman–Crippen LogP) is 0.913. The van der Waals surface area contributed by atoms with Crippen LogP contribution in [-0.4, -0.2) is 29.9 Å². The topological polar surface area (TPSA) is 66.8 Å². The van der Waals surface area contributed by atoms with Crippen molar-refractivity contribution >= 4 is 5.97 Å². The molecule has 0 aliphatic carbocycles. The number of esters is 1. The van der Waals surface area contributed by atoms with Gasteiger partial charge >= 0.3 is 5.97 Å². The zero-order valence-corrected chi connectivity index (χ0v) is 8.86. The molecule has 0 fully saturated rings. The molecule has 0 aliphatic rings. The molecule has 16 heavy (non-hydrogen) atoms. The van der Waals surface area contributed by atoms with Gasteiger partial charge in [-0.15, -0.1) is 0 Å². The average Bonchev–Trinajstić information content (AvgIpc) is 2.29. The molecular weight excluding hydrogens is 208 g/mol. The molecule has 0 saturated heterocycles. The third kappa shape index (κ3) is 3.01. The lowest BCUT2D eigenvalue weighted by Gasteiger charge is -2.02. The number of aromatic hydroxyl groups is 1. The number of aliphatic hydroxyl groups excluding tert-OH is 1. The molecule has 0 bridgehead atoms. The van der Waals surface area contributed by atoms with E-state index in [0.29, 0.717) is 12.0 Å². The summed E-state index contributed by atoms with van der Waals surface area (Å²) >= 11 is 0. The molecule has 1 rings (SSSR count). The number of rotatable bonds is 2. The lowest BCUT2D eigenvalue weighted by Crippen LogP contribution is -2.01. The minimum absolute atomic E-state index is 0.000768. The quantitative estimate of drug-likeness (QED) is 0.574. The first-order valence-corrected chi connectivity index (χ1v) is 4.70. The number of hydrogen-bond donors (Lipinski definition) is 2. The minimum Gasteiger partial charge on any atom is -0.507 e. The Labute approximate surface area is 93.5 Å². The molecule has 0 saturated carbocycles. The summed E-state index contributed by atoms with van der Waals surface area (Å²) in [5, 5.41) is 18.1. The zero-order valence-electron chi connectivity index (χ0n) is 8.86. The Morgan fingerprint density at radius 3 is 2.81 bits per heavy atom. The standard InChI is InChI=1S/C12H12O4/c1-16-12(15)10-6-5-9(8-11(10)14)4-2-3-7-13/h5-6,8,13-14H,3,7H2,1H3. The molecule has 1 aromatic rings. The number of phenolic OH excluding ortho intramolecular Hbond substituents is 1. The van der Waals surface area contributed by atoms with E-state index >= 15 is 0 Å². The fraction of sp³-hybridized carbons (Fsp3) is 0.250. The van der Waals surface area contributed by atoms with Gasteiger partial charge in [0, 0.05) is 12.0 Å². The Balaban J connectivity index is 2.92. The molecule has 2 N–H and O–H groups in total. The van der Waals surface area contributed by atoms with Gasteiger partial charge in [0.05, 0.1) is 13.7 Å². The number of methoxy groups -OCH3 is 1. The Hall–Kier alpha value is -1.99. The fourth-order valence-corrected chi connectivity index (χ4v) is 1.11. The van der Waals surface area contributed by atoms with Gasteiger partial charge in [-0.25, -0.2) is 4.79 Å². The molecule has 0 spiro atoms. The smallest absolute Gasteiger partial charge is 0.341 e. The van der Waals surface area contributed by atoms with Crippen LogP contribution in [0.25, 0.3) is 0 Å². The minimum atomic E-state index is -0.590. The highest BCUT2D eigenvalue weighted by Gasteiger charge is 2.10. The van der Waals surface area contributed by atoms with Gasteiger partial charge in [0.15, 0.2) is 0 Å². The largest absolute Gasteiger partial charge is 0.507 e. The van der Waals surface area contributed by atoms with E-state index in [0.717, 1.165) is 0 Å². The molecule has 0 atom stereocenters. The van der Waals surface area contributed by atoms with Crippen molar-refractivity contribution in [2.75, 3.05) is 13.7 Å². The molecule has 0 unspecified atom stereocenters. The van der Waals surface area contributed by atoms with Gasteiger partial charge in [-0.05, 0) is 18.2 Å². The van der Waals surface area contributed by atoms with Crippen molar-refractivity contribution in [1.82, 2.24) is 0 Å². The van der Waals surface area contributed by atoms with Crippen molar-refractivity contribution in [2.45, 2.75) is 6.42 Å². The Kier molecular flexibility index (Phi) is 4.37. The van der Waals surface area contributed by atoms with Crippen molar-refractivity contribution in [3.8, 4) is 17.6 Å². The summed E-state index contributed by atoms with van der Waals surface area (Å²) in [4.78, 5) is 11.2. The van der Waals surface area contributed by atoms with E-state index in [9.17, 15) is 9.90 Å². The maximum Gasteiger partial charge on any atom is 0.341 e. The van der Waals surface area contributed by atoms with Crippen LogP contribution in [-0.2, 0) is 4.74 Å². The molecule has 0 aromatic heterocycles. The Morgan fingerprint density at radius 2 is 2.25 bits per heavy atom. The van der Waals surface area contributed by atoms with Gasteiger partial charge in [-0.3, -0.25) is 0 Å². The van der Waals surface area contributed by atoms with Crippen LogP contribution in [0.3, 0.4) is 0 Å². The van der Waals surface area contributed by atoms with Crippen LogP contribution in [0.15, 0.2) is 18.2 Å². The highest BCUT2D eigenvalue weighted by atomic mass is 16.5. The second kappa shape index (κ2) is 5.79. The summed E-state index contributed by atoms with van der Waals surface area (Å²) < 4.78 is 4.49. The molecule has 0 aliphatic heterocycles. The number of aliphatic hydroxyl groups is 1. The van der Waals surface area contributed by atoms with Gasteiger partial charge in [0.1, 0.15) is 11.3 Å². The second-order valence-electron chi connectivity index (χ2n) is 3.00. The first kappa shape index (κ1) is 12.1. The van der Waals surface area contributed by atoms with Crippen molar-refractivity contribution in [1.29, 1.82) is 0 Å². The molecule has 4 nitrogen and oxygen atoms in total. The van der Waals surface area contributed by atoms with E-state index in [-0.39, 0.29) is 17.9 Å². The van der Waals surface area contributed by atoms with Crippen molar-refractivity contribution in [3.05, 3.63) is 29.3 Å². The van der Waals surface area contributed by atoms with E-state index in [4.69, 9.17) is 5.11 Å². The van der Waals surface area contributed by atoms with E-state index in [1.54, 1.807) is 6.07 Å². The van der Waals surface area contributed by atoms with Crippen LogP contribution in [0.2, 0.25) is 0 Å². The van der Waals surface area contributed by atoms with Gasteiger partial charge in [-0.1, -0.05) is 11.8 Å². The highest BCUT2D eigenvalue weighted by Crippen LogP contribution is 2.19. The van der Waals surface area contributed by atoms with Crippen molar-refractivity contribution in [3.63, 3.8) is 0 Å². The normalized spacial score (nSPS) is 9.12. The maximum absolute atomic E-state index is 11.2. The van der Waals surface area contributed by atoms with Crippen LogP contribution in [0.4, 0.5) is 0 Å². The van der Waals surface area contributed by atoms with Gasteiger partial charge in [0.25, 0.3) is 0 Å². The van der Waals surface area contributed by atoms with Crippen LogP contribution >= 0.6 is 0 Å². The zero-order chi connectivity index (χ0) is 12.0. The fourth-order valence-electron chi connectivity index (χ4n) is 1.11. The summed E-state index contributed by atoms with van der Waals surface area (Å²) in [5.41, 5.74) is 0.689. The van der Waals surface area contributed by atoms with E-state index in [2.05, 4.69) is 16.6 Å². The lowest BCUT2D eigenvalue weighted by atomic mass is 10.1. The third-order valence-electron chi connectivity index (χ3n) is 1.87. The molecule has 84 valence electrons. The van der Waals surface area contributed by atoms with E-state index in [1.807, 2.05) is 0 Å². The molecule has 0 amide bonds. The number of hydrogen-bond acceptors (Lipinski definition) is 4. The molecule has 1 aromatic carbocycles. The Bertz CT molecular complexity index is 440. The number of carbonyl (C=O) groups excluding carboxylic acids is 1. The summed E-state index contributed by atoms with van der Waals surface area (Å²) in [6.45, 7) is -0.000768. The monoisotopic (exact) mass is 220 g/mol. The van der Waals surface area contributed by atoms with Crippen LogP contribution < -0.4 is 0 Å². The number of benzene rings is 1. The molecule has 0 heterocycles. The van der Waals surface area contributed by atoms with Gasteiger partial charge < -0.3 is 14.9 Å². The van der Waals surface area contributed by atoms with Crippen LogP contribution in [0.1, 0.15) is 22.3 Å². The van der Waals surface area contributed by atoms with Crippen molar-refractivity contribution in [2.24, 2.45) is 0 Å².